The summed E-state index contributed by atoms with van der Waals surface area (Å²) in [4.78, 5) is 14.7. The van der Waals surface area contributed by atoms with Gasteiger partial charge in [0.1, 0.15) is 17.5 Å². The minimum atomic E-state index is -0.361. The van der Waals surface area contributed by atoms with Crippen LogP contribution in [-0.2, 0) is 0 Å². The van der Waals surface area contributed by atoms with Gasteiger partial charge in [-0.25, -0.2) is 4.98 Å². The monoisotopic (exact) mass is 543 g/mol. The Morgan fingerprint density at radius 2 is 1.78 bits per heavy atom. The molecule has 1 aliphatic rings. The molecule has 0 amide bonds. The summed E-state index contributed by atoms with van der Waals surface area (Å²) in [6.45, 7) is 5.88. The largest absolute Gasteiger partial charge is 0.486 e. The van der Waals surface area contributed by atoms with Crippen LogP contribution in [0.3, 0.4) is 0 Å². The average molecular weight is 545 g/mol. The Kier molecular flexibility index (Phi) is 6.94. The smallest absolute Gasteiger partial charge is 0.159 e. The molecule has 36 heavy (non-hydrogen) atoms. The molecule has 8 nitrogen and oxygen atoms in total. The second-order valence-corrected chi connectivity index (χ2v) is 9.39. The molecule has 5 aromatic rings. The van der Waals surface area contributed by atoms with Crippen LogP contribution in [0.25, 0.3) is 33.5 Å². The summed E-state index contributed by atoms with van der Waals surface area (Å²) in [5.41, 5.74) is 5.40. The van der Waals surface area contributed by atoms with Crippen molar-refractivity contribution >= 4 is 63.2 Å². The molecular formula is C25H24Cl3N7O. The van der Waals surface area contributed by atoms with Gasteiger partial charge in [0.25, 0.3) is 0 Å². The van der Waals surface area contributed by atoms with E-state index in [1.165, 1.54) is 5.69 Å². The zero-order valence-corrected chi connectivity index (χ0v) is 21.7. The van der Waals surface area contributed by atoms with Crippen LogP contribution in [0, 0.1) is 0 Å². The highest BCUT2D eigenvalue weighted by molar-refractivity contribution is 6.35. The quantitative estimate of drug-likeness (QED) is 0.260. The number of benzene rings is 2. The normalized spacial score (nSPS) is 14.7. The lowest BCUT2D eigenvalue weighted by molar-refractivity contribution is 0.227. The van der Waals surface area contributed by atoms with Crippen molar-refractivity contribution in [1.29, 1.82) is 0 Å². The Morgan fingerprint density at radius 1 is 1.00 bits per heavy atom. The van der Waals surface area contributed by atoms with E-state index < -0.39 is 0 Å². The van der Waals surface area contributed by atoms with Crippen LogP contribution in [0.1, 0.15) is 18.6 Å². The molecule has 1 fully saturated rings. The predicted molar refractivity (Wildman–Crippen MR) is 147 cm³/mol. The van der Waals surface area contributed by atoms with Crippen LogP contribution in [0.5, 0.6) is 5.75 Å². The van der Waals surface area contributed by atoms with E-state index in [4.69, 9.17) is 32.9 Å². The summed E-state index contributed by atoms with van der Waals surface area (Å²) in [5.74, 6) is 1.38. The van der Waals surface area contributed by atoms with E-state index in [1.807, 2.05) is 25.1 Å². The number of aromatic nitrogens is 5. The number of hydrogen-bond donors (Lipinski definition) is 3. The lowest BCUT2D eigenvalue weighted by atomic mass is 10.1. The van der Waals surface area contributed by atoms with Crippen molar-refractivity contribution in [3.8, 4) is 17.3 Å². The third-order valence-electron chi connectivity index (χ3n) is 6.32. The molecule has 0 radical (unpaired) electrons. The first-order valence-corrected chi connectivity index (χ1v) is 12.2. The highest BCUT2D eigenvalue weighted by atomic mass is 35.5. The molecule has 1 saturated heterocycles. The van der Waals surface area contributed by atoms with E-state index in [1.54, 1.807) is 12.4 Å². The molecule has 1 atom stereocenters. The number of rotatable bonds is 5. The topological polar surface area (TPSA) is 94.7 Å². The van der Waals surface area contributed by atoms with Crippen molar-refractivity contribution in [2.75, 3.05) is 31.1 Å². The van der Waals surface area contributed by atoms with E-state index in [9.17, 15) is 0 Å². The Hall–Kier alpha value is -3.04. The van der Waals surface area contributed by atoms with Crippen LogP contribution in [0.15, 0.2) is 48.8 Å². The van der Waals surface area contributed by atoms with Crippen LogP contribution in [0.4, 0.5) is 5.69 Å². The number of ether oxygens (including phenoxy) is 1. The van der Waals surface area contributed by atoms with Gasteiger partial charge in [0, 0.05) is 55.2 Å². The second-order valence-electron chi connectivity index (χ2n) is 8.58. The number of piperazine rings is 1. The second kappa shape index (κ2) is 10.1. The van der Waals surface area contributed by atoms with Gasteiger partial charge in [-0.2, -0.15) is 5.10 Å². The zero-order valence-electron chi connectivity index (χ0n) is 19.4. The van der Waals surface area contributed by atoms with E-state index in [0.717, 1.165) is 53.8 Å². The Morgan fingerprint density at radius 3 is 2.56 bits per heavy atom. The number of anilines is 1. The van der Waals surface area contributed by atoms with E-state index >= 15 is 0 Å². The van der Waals surface area contributed by atoms with Crippen molar-refractivity contribution < 1.29 is 4.74 Å². The fourth-order valence-corrected chi connectivity index (χ4v) is 5.22. The molecular weight excluding hydrogens is 521 g/mol. The van der Waals surface area contributed by atoms with Crippen LogP contribution < -0.4 is 15.0 Å². The zero-order chi connectivity index (χ0) is 23.9. The molecule has 11 heteroatoms. The summed E-state index contributed by atoms with van der Waals surface area (Å²) in [6, 6.07) is 12.1. The van der Waals surface area contributed by atoms with Gasteiger partial charge in [-0.1, -0.05) is 23.2 Å². The SMILES string of the molecule is CC(Oc1ccc2[nH]nc(-c3nc4ccc(N5CCNCC5)cc4[nH]3)c2c1)c1c(Cl)cncc1Cl.Cl. The number of pyridine rings is 1. The van der Waals surface area contributed by atoms with Crippen LogP contribution in [0.2, 0.25) is 10.0 Å². The Labute approximate surface area is 223 Å². The van der Waals surface area contributed by atoms with Crippen molar-refractivity contribution in [3.05, 3.63) is 64.4 Å². The van der Waals surface area contributed by atoms with Gasteiger partial charge in [0.15, 0.2) is 5.82 Å². The first-order chi connectivity index (χ1) is 17.1. The highest BCUT2D eigenvalue weighted by Gasteiger charge is 2.18. The summed E-state index contributed by atoms with van der Waals surface area (Å²) >= 11 is 12.6. The van der Waals surface area contributed by atoms with E-state index in [2.05, 4.69) is 48.6 Å². The van der Waals surface area contributed by atoms with Crippen molar-refractivity contribution in [2.45, 2.75) is 13.0 Å². The molecule has 0 saturated carbocycles. The minimum Gasteiger partial charge on any atom is -0.486 e. The van der Waals surface area contributed by atoms with Gasteiger partial charge in [0.05, 0.1) is 26.6 Å². The molecule has 2 aromatic carbocycles. The van der Waals surface area contributed by atoms with E-state index in [-0.39, 0.29) is 18.5 Å². The third-order valence-corrected chi connectivity index (χ3v) is 6.92. The molecule has 1 unspecified atom stereocenters. The third kappa shape index (κ3) is 4.57. The van der Waals surface area contributed by atoms with Crippen LogP contribution >= 0.6 is 35.6 Å². The predicted octanol–water partition coefficient (Wildman–Crippen LogP) is 5.78. The van der Waals surface area contributed by atoms with Gasteiger partial charge in [-0.05, 0) is 43.3 Å². The number of halogens is 3. The number of imidazole rings is 1. The summed E-state index contributed by atoms with van der Waals surface area (Å²) < 4.78 is 6.19. The van der Waals surface area contributed by atoms with Crippen molar-refractivity contribution in [3.63, 3.8) is 0 Å². The fourth-order valence-electron chi connectivity index (χ4n) is 4.55. The fraction of sp³-hybridized carbons (Fsp3) is 0.240. The number of aromatic amines is 2. The standard InChI is InChI=1S/C25H23Cl2N7O.ClH/c1-14(23-18(26)12-29-13-19(23)27)35-16-3-5-20-17(11-16)24(33-32-20)25-30-21-4-2-15(10-22(21)31-25)34-8-6-28-7-9-34;/h2-5,10-14,28H,6-9H2,1H3,(H,30,31)(H,32,33);1H. The maximum Gasteiger partial charge on any atom is 0.159 e. The van der Waals surface area contributed by atoms with Gasteiger partial charge in [-0.3, -0.25) is 10.1 Å². The van der Waals surface area contributed by atoms with Gasteiger partial charge in [0.2, 0.25) is 0 Å². The molecule has 3 aromatic heterocycles. The molecule has 186 valence electrons. The summed E-state index contributed by atoms with van der Waals surface area (Å²) in [5, 5.41) is 12.9. The molecule has 3 N–H and O–H groups in total. The Balaban J connectivity index is 0.00000267. The maximum absolute atomic E-state index is 6.31. The lowest BCUT2D eigenvalue weighted by Gasteiger charge is -2.29. The number of fused-ring (bicyclic) bond motifs is 2. The molecule has 0 spiro atoms. The molecule has 4 heterocycles. The average Bonchev–Trinajstić information content (AvgIpc) is 3.47. The first kappa shape index (κ1) is 24.6. The Bertz CT molecular complexity index is 1510. The van der Waals surface area contributed by atoms with Gasteiger partial charge in [-0.15, -0.1) is 12.4 Å². The van der Waals surface area contributed by atoms with Crippen LogP contribution in [-0.4, -0.2) is 51.3 Å². The molecule has 0 aliphatic carbocycles. The number of nitrogens with zero attached hydrogens (tertiary/aromatic N) is 4. The van der Waals surface area contributed by atoms with Crippen molar-refractivity contribution in [2.24, 2.45) is 0 Å². The number of H-pyrrole nitrogens is 2. The van der Waals surface area contributed by atoms with Gasteiger partial charge >= 0.3 is 0 Å². The highest BCUT2D eigenvalue weighted by Crippen LogP contribution is 2.35. The minimum absolute atomic E-state index is 0. The first-order valence-electron chi connectivity index (χ1n) is 11.5. The molecule has 6 rings (SSSR count). The number of nitrogens with one attached hydrogen (secondary N) is 3. The summed E-state index contributed by atoms with van der Waals surface area (Å²) in [7, 11) is 0. The van der Waals surface area contributed by atoms with Gasteiger partial charge < -0.3 is 19.9 Å². The maximum atomic E-state index is 6.31. The molecule has 0 bridgehead atoms. The number of hydrogen-bond acceptors (Lipinski definition) is 6. The lowest BCUT2D eigenvalue weighted by Crippen LogP contribution is -2.43. The van der Waals surface area contributed by atoms with Crippen molar-refractivity contribution in [1.82, 2.24) is 30.5 Å². The summed E-state index contributed by atoms with van der Waals surface area (Å²) in [6.07, 6.45) is 2.77. The molecule has 1 aliphatic heterocycles. The van der Waals surface area contributed by atoms with E-state index in [0.29, 0.717) is 27.2 Å².